The van der Waals surface area contributed by atoms with Gasteiger partial charge in [0.25, 0.3) is 0 Å². The van der Waals surface area contributed by atoms with Gasteiger partial charge in [0.05, 0.1) is 6.10 Å². The van der Waals surface area contributed by atoms with Crippen LogP contribution in [0.15, 0.2) is 17.5 Å². The van der Waals surface area contributed by atoms with Gasteiger partial charge >= 0.3 is 0 Å². The first-order valence-electron chi connectivity index (χ1n) is 7.11. The molecule has 102 valence electrons. The quantitative estimate of drug-likeness (QED) is 0.871. The van der Waals surface area contributed by atoms with Crippen molar-refractivity contribution in [2.24, 2.45) is 5.92 Å². The molecule has 1 aromatic heterocycles. The van der Waals surface area contributed by atoms with Gasteiger partial charge in [-0.2, -0.15) is 0 Å². The van der Waals surface area contributed by atoms with E-state index in [1.807, 2.05) is 11.3 Å². The number of rotatable bonds is 5. The summed E-state index contributed by atoms with van der Waals surface area (Å²) in [6, 6.07) is 5.51. The van der Waals surface area contributed by atoms with Crippen molar-refractivity contribution in [3.63, 3.8) is 0 Å². The molecule has 18 heavy (non-hydrogen) atoms. The lowest BCUT2D eigenvalue weighted by Gasteiger charge is -2.34. The zero-order chi connectivity index (χ0) is 13.0. The molecule has 1 aromatic rings. The molecule has 1 aliphatic heterocycles. The molecular weight excluding hydrogens is 242 g/mol. The van der Waals surface area contributed by atoms with Crippen LogP contribution in [0.5, 0.6) is 0 Å². The van der Waals surface area contributed by atoms with E-state index in [2.05, 4.69) is 43.6 Å². The molecule has 3 heteroatoms. The molecule has 0 spiro atoms. The third-order valence-electron chi connectivity index (χ3n) is 3.79. The molecule has 1 fully saturated rings. The van der Waals surface area contributed by atoms with Crippen molar-refractivity contribution in [1.29, 1.82) is 0 Å². The number of thiophene rings is 1. The van der Waals surface area contributed by atoms with Crippen molar-refractivity contribution in [1.82, 2.24) is 5.32 Å². The average molecular weight is 267 g/mol. The maximum atomic E-state index is 5.84. The van der Waals surface area contributed by atoms with Gasteiger partial charge in [0.15, 0.2) is 0 Å². The lowest BCUT2D eigenvalue weighted by molar-refractivity contribution is -0.0260. The maximum absolute atomic E-state index is 5.84. The summed E-state index contributed by atoms with van der Waals surface area (Å²) in [5, 5.41) is 5.99. The summed E-state index contributed by atoms with van der Waals surface area (Å²) in [6.07, 6.45) is 3.88. The highest BCUT2D eigenvalue weighted by molar-refractivity contribution is 7.10. The fourth-order valence-electron chi connectivity index (χ4n) is 2.62. The van der Waals surface area contributed by atoms with Gasteiger partial charge in [-0.1, -0.05) is 26.8 Å². The largest absolute Gasteiger partial charge is 0.378 e. The van der Waals surface area contributed by atoms with Crippen LogP contribution < -0.4 is 5.32 Å². The minimum atomic E-state index is 0.428. The van der Waals surface area contributed by atoms with Crippen LogP contribution in [-0.2, 0) is 4.74 Å². The molecule has 2 rings (SSSR count). The highest BCUT2D eigenvalue weighted by Crippen LogP contribution is 2.26. The normalized spacial score (nSPS) is 26.4. The Labute approximate surface area is 115 Å². The fraction of sp³-hybridized carbons (Fsp3) is 0.733. The van der Waals surface area contributed by atoms with Crippen molar-refractivity contribution in [2.75, 3.05) is 6.61 Å². The highest BCUT2D eigenvalue weighted by atomic mass is 32.1. The Kier molecular flexibility index (Phi) is 5.22. The smallest absolute Gasteiger partial charge is 0.0612 e. The van der Waals surface area contributed by atoms with Gasteiger partial charge < -0.3 is 10.1 Å². The molecule has 3 atom stereocenters. The molecule has 2 heterocycles. The van der Waals surface area contributed by atoms with E-state index in [0.717, 1.165) is 25.9 Å². The van der Waals surface area contributed by atoms with E-state index in [1.54, 1.807) is 0 Å². The van der Waals surface area contributed by atoms with Crippen LogP contribution in [0, 0.1) is 5.92 Å². The summed E-state index contributed by atoms with van der Waals surface area (Å²) in [6.45, 7) is 7.67. The van der Waals surface area contributed by atoms with Crippen LogP contribution in [0.25, 0.3) is 0 Å². The zero-order valence-electron chi connectivity index (χ0n) is 11.7. The first-order chi connectivity index (χ1) is 8.70. The first-order valence-corrected chi connectivity index (χ1v) is 7.99. The lowest BCUT2D eigenvalue weighted by Crippen LogP contribution is -2.42. The molecular formula is C15H25NOS. The average Bonchev–Trinajstić information content (AvgIpc) is 2.90. The molecule has 0 aromatic carbocycles. The maximum Gasteiger partial charge on any atom is 0.0612 e. The fourth-order valence-corrected chi connectivity index (χ4v) is 3.49. The first kappa shape index (κ1) is 14.0. The van der Waals surface area contributed by atoms with Crippen LogP contribution >= 0.6 is 11.3 Å². The molecule has 0 amide bonds. The Hall–Kier alpha value is -0.380. The van der Waals surface area contributed by atoms with Gasteiger partial charge in [0, 0.05) is 23.6 Å². The molecule has 0 aliphatic carbocycles. The minimum absolute atomic E-state index is 0.428. The van der Waals surface area contributed by atoms with Gasteiger partial charge in [-0.25, -0.2) is 0 Å². The predicted octanol–water partition coefficient (Wildman–Crippen LogP) is 3.99. The SMILES string of the molecule is CCC(NC1CCOC(C(C)C)C1)c1cccs1. The Balaban J connectivity index is 1.91. The van der Waals surface area contributed by atoms with Crippen LogP contribution in [0.4, 0.5) is 0 Å². The number of nitrogens with one attached hydrogen (secondary N) is 1. The van der Waals surface area contributed by atoms with E-state index in [1.165, 1.54) is 4.88 Å². The zero-order valence-corrected chi connectivity index (χ0v) is 12.5. The number of hydrogen-bond acceptors (Lipinski definition) is 3. The second-order valence-electron chi connectivity index (χ2n) is 5.52. The molecule has 0 bridgehead atoms. The van der Waals surface area contributed by atoms with Crippen molar-refractivity contribution in [3.05, 3.63) is 22.4 Å². The molecule has 1 saturated heterocycles. The molecule has 2 nitrogen and oxygen atoms in total. The molecule has 0 saturated carbocycles. The summed E-state index contributed by atoms with van der Waals surface area (Å²) < 4.78 is 5.84. The van der Waals surface area contributed by atoms with Gasteiger partial charge in [-0.05, 0) is 36.6 Å². The predicted molar refractivity (Wildman–Crippen MR) is 78.1 cm³/mol. The van der Waals surface area contributed by atoms with Gasteiger partial charge in [-0.3, -0.25) is 0 Å². The Bertz CT molecular complexity index is 336. The van der Waals surface area contributed by atoms with Gasteiger partial charge in [0.2, 0.25) is 0 Å². The van der Waals surface area contributed by atoms with Crippen LogP contribution in [0.2, 0.25) is 0 Å². The van der Waals surface area contributed by atoms with E-state index in [4.69, 9.17) is 4.74 Å². The number of ether oxygens (including phenoxy) is 1. The Morgan fingerprint density at radius 1 is 1.50 bits per heavy atom. The number of hydrogen-bond donors (Lipinski definition) is 1. The Morgan fingerprint density at radius 2 is 2.33 bits per heavy atom. The van der Waals surface area contributed by atoms with E-state index >= 15 is 0 Å². The third-order valence-corrected chi connectivity index (χ3v) is 4.78. The van der Waals surface area contributed by atoms with E-state index in [-0.39, 0.29) is 0 Å². The van der Waals surface area contributed by atoms with Crippen molar-refractivity contribution in [2.45, 2.75) is 58.2 Å². The summed E-state index contributed by atoms with van der Waals surface area (Å²) in [7, 11) is 0. The second kappa shape index (κ2) is 6.69. The summed E-state index contributed by atoms with van der Waals surface area (Å²) in [4.78, 5) is 1.46. The van der Waals surface area contributed by atoms with Crippen molar-refractivity contribution >= 4 is 11.3 Å². The van der Waals surface area contributed by atoms with E-state index in [9.17, 15) is 0 Å². The van der Waals surface area contributed by atoms with Crippen LogP contribution in [0.3, 0.4) is 0 Å². The summed E-state index contributed by atoms with van der Waals surface area (Å²) in [5.74, 6) is 0.622. The van der Waals surface area contributed by atoms with E-state index in [0.29, 0.717) is 24.1 Å². The van der Waals surface area contributed by atoms with Gasteiger partial charge in [-0.15, -0.1) is 11.3 Å². The monoisotopic (exact) mass is 267 g/mol. The summed E-state index contributed by atoms with van der Waals surface area (Å²) >= 11 is 1.86. The van der Waals surface area contributed by atoms with Gasteiger partial charge in [0.1, 0.15) is 0 Å². The third kappa shape index (κ3) is 3.56. The van der Waals surface area contributed by atoms with Crippen molar-refractivity contribution in [3.8, 4) is 0 Å². The lowest BCUT2D eigenvalue weighted by atomic mass is 9.94. The second-order valence-corrected chi connectivity index (χ2v) is 6.50. The minimum Gasteiger partial charge on any atom is -0.378 e. The van der Waals surface area contributed by atoms with Crippen LogP contribution in [0.1, 0.15) is 51.0 Å². The molecule has 1 N–H and O–H groups in total. The van der Waals surface area contributed by atoms with E-state index < -0.39 is 0 Å². The van der Waals surface area contributed by atoms with Crippen LogP contribution in [-0.4, -0.2) is 18.8 Å². The highest BCUT2D eigenvalue weighted by Gasteiger charge is 2.26. The summed E-state index contributed by atoms with van der Waals surface area (Å²) in [5.41, 5.74) is 0. The molecule has 3 unspecified atom stereocenters. The topological polar surface area (TPSA) is 21.3 Å². The standard InChI is InChI=1S/C15H25NOS/c1-4-13(15-6-5-9-18-15)16-12-7-8-17-14(10-12)11(2)3/h5-6,9,11-14,16H,4,7-8,10H2,1-3H3. The van der Waals surface area contributed by atoms with Crippen molar-refractivity contribution < 1.29 is 4.74 Å². The Morgan fingerprint density at radius 3 is 2.94 bits per heavy atom. The molecule has 1 aliphatic rings. The molecule has 0 radical (unpaired) electrons.